The Morgan fingerprint density at radius 2 is 2.06 bits per heavy atom. The molecule has 0 saturated carbocycles. The largest absolute Gasteiger partial charge is 0.396 e. The van der Waals surface area contributed by atoms with Gasteiger partial charge in [0.2, 0.25) is 0 Å². The van der Waals surface area contributed by atoms with Gasteiger partial charge in [-0.1, -0.05) is 11.6 Å². The molecule has 1 N–H and O–H groups in total. The minimum Gasteiger partial charge on any atom is -0.396 e. The van der Waals surface area contributed by atoms with Crippen molar-refractivity contribution in [3.63, 3.8) is 0 Å². The molecular formula is C13H17ClFNO. The number of aliphatic hydroxyl groups excluding tert-OH is 1. The molecule has 2 rings (SSSR count). The Bertz CT molecular complexity index is 378. The highest BCUT2D eigenvalue weighted by Crippen LogP contribution is 2.27. The SMILES string of the molecule is OCCC1CCN(c2ccc(F)c(Cl)c2)CC1. The number of halogens is 2. The normalized spacial score (nSPS) is 17.5. The van der Waals surface area contributed by atoms with Gasteiger partial charge in [-0.3, -0.25) is 0 Å². The molecule has 2 nitrogen and oxygen atoms in total. The highest BCUT2D eigenvalue weighted by Gasteiger charge is 2.19. The Balaban J connectivity index is 1.98. The van der Waals surface area contributed by atoms with Crippen molar-refractivity contribution in [1.82, 2.24) is 0 Å². The summed E-state index contributed by atoms with van der Waals surface area (Å²) in [6.45, 7) is 2.17. The van der Waals surface area contributed by atoms with Crippen LogP contribution in [-0.2, 0) is 0 Å². The van der Waals surface area contributed by atoms with Gasteiger partial charge in [-0.05, 0) is 43.4 Å². The molecule has 94 valence electrons. The molecule has 0 spiro atoms. The van der Waals surface area contributed by atoms with Crippen LogP contribution in [0.15, 0.2) is 18.2 Å². The van der Waals surface area contributed by atoms with Gasteiger partial charge >= 0.3 is 0 Å². The first-order valence-electron chi connectivity index (χ1n) is 6.01. The van der Waals surface area contributed by atoms with Gasteiger partial charge in [-0.2, -0.15) is 0 Å². The van der Waals surface area contributed by atoms with E-state index in [0.29, 0.717) is 5.92 Å². The lowest BCUT2D eigenvalue weighted by molar-refractivity contribution is 0.240. The van der Waals surface area contributed by atoms with Gasteiger partial charge in [0.1, 0.15) is 5.82 Å². The van der Waals surface area contributed by atoms with Crippen LogP contribution in [0.1, 0.15) is 19.3 Å². The maximum Gasteiger partial charge on any atom is 0.141 e. The topological polar surface area (TPSA) is 23.5 Å². The molecule has 1 aliphatic rings. The van der Waals surface area contributed by atoms with Gasteiger partial charge in [0.15, 0.2) is 0 Å². The summed E-state index contributed by atoms with van der Waals surface area (Å²) in [6.07, 6.45) is 3.04. The van der Waals surface area contributed by atoms with E-state index >= 15 is 0 Å². The minimum absolute atomic E-state index is 0.181. The van der Waals surface area contributed by atoms with Crippen molar-refractivity contribution in [2.45, 2.75) is 19.3 Å². The van der Waals surface area contributed by atoms with Gasteiger partial charge in [0.25, 0.3) is 0 Å². The number of anilines is 1. The second-order valence-electron chi connectivity index (χ2n) is 4.54. The fourth-order valence-electron chi connectivity index (χ4n) is 2.34. The molecule has 1 aromatic carbocycles. The van der Waals surface area contributed by atoms with E-state index in [1.54, 1.807) is 12.1 Å². The number of hydrogen-bond acceptors (Lipinski definition) is 2. The molecule has 1 fully saturated rings. The van der Waals surface area contributed by atoms with Crippen molar-refractivity contribution in [3.05, 3.63) is 29.0 Å². The minimum atomic E-state index is -0.370. The van der Waals surface area contributed by atoms with E-state index in [2.05, 4.69) is 4.90 Å². The van der Waals surface area contributed by atoms with E-state index in [1.165, 1.54) is 6.07 Å². The van der Waals surface area contributed by atoms with Gasteiger partial charge in [-0.25, -0.2) is 4.39 Å². The second-order valence-corrected chi connectivity index (χ2v) is 4.95. The molecule has 0 amide bonds. The van der Waals surface area contributed by atoms with Crippen LogP contribution in [0.5, 0.6) is 0 Å². The molecule has 0 bridgehead atoms. The number of piperidine rings is 1. The Morgan fingerprint density at radius 1 is 1.35 bits per heavy atom. The smallest absolute Gasteiger partial charge is 0.141 e. The molecule has 1 saturated heterocycles. The van der Waals surface area contributed by atoms with E-state index in [0.717, 1.165) is 38.0 Å². The van der Waals surface area contributed by atoms with Crippen molar-refractivity contribution in [1.29, 1.82) is 0 Å². The lowest BCUT2D eigenvalue weighted by Crippen LogP contribution is -2.33. The number of rotatable bonds is 3. The van der Waals surface area contributed by atoms with Gasteiger partial charge in [-0.15, -0.1) is 0 Å². The van der Waals surface area contributed by atoms with Crippen LogP contribution in [0.3, 0.4) is 0 Å². The Morgan fingerprint density at radius 3 is 2.65 bits per heavy atom. The zero-order valence-electron chi connectivity index (χ0n) is 9.70. The third kappa shape index (κ3) is 3.11. The first kappa shape index (κ1) is 12.7. The predicted molar refractivity (Wildman–Crippen MR) is 68.0 cm³/mol. The quantitative estimate of drug-likeness (QED) is 0.900. The van der Waals surface area contributed by atoms with E-state index in [4.69, 9.17) is 16.7 Å². The second kappa shape index (κ2) is 5.69. The average Bonchev–Trinajstić information content (AvgIpc) is 2.34. The van der Waals surface area contributed by atoms with Crippen molar-refractivity contribution >= 4 is 17.3 Å². The summed E-state index contributed by atoms with van der Waals surface area (Å²) in [7, 11) is 0. The molecule has 17 heavy (non-hydrogen) atoms. The van der Waals surface area contributed by atoms with Crippen LogP contribution in [0.4, 0.5) is 10.1 Å². The summed E-state index contributed by atoms with van der Waals surface area (Å²) < 4.78 is 13.1. The summed E-state index contributed by atoms with van der Waals surface area (Å²) >= 11 is 5.78. The Hall–Kier alpha value is -0.800. The van der Waals surface area contributed by atoms with Crippen LogP contribution in [-0.4, -0.2) is 24.8 Å². The maximum absolute atomic E-state index is 13.1. The van der Waals surface area contributed by atoms with Gasteiger partial charge in [0.05, 0.1) is 5.02 Å². The molecule has 0 aliphatic carbocycles. The first-order valence-corrected chi connectivity index (χ1v) is 6.39. The molecule has 1 aromatic rings. The molecular weight excluding hydrogens is 241 g/mol. The highest BCUT2D eigenvalue weighted by atomic mass is 35.5. The molecule has 0 atom stereocenters. The number of hydrogen-bond donors (Lipinski definition) is 1. The third-order valence-electron chi connectivity index (χ3n) is 3.42. The third-order valence-corrected chi connectivity index (χ3v) is 3.71. The molecule has 1 heterocycles. The molecule has 0 aromatic heterocycles. The molecule has 0 radical (unpaired) electrons. The van der Waals surface area contributed by atoms with Crippen molar-refractivity contribution in [2.75, 3.05) is 24.6 Å². The van der Waals surface area contributed by atoms with Crippen LogP contribution in [0.2, 0.25) is 5.02 Å². The fourth-order valence-corrected chi connectivity index (χ4v) is 2.52. The van der Waals surface area contributed by atoms with Gasteiger partial charge < -0.3 is 10.0 Å². The standard InChI is InChI=1S/C13H17ClFNO/c14-12-9-11(1-2-13(12)15)16-6-3-10(4-7-16)5-8-17/h1-2,9-10,17H,3-8H2. The zero-order valence-corrected chi connectivity index (χ0v) is 10.5. The number of benzene rings is 1. The van der Waals surface area contributed by atoms with E-state index in [-0.39, 0.29) is 17.4 Å². The summed E-state index contributed by atoms with van der Waals surface area (Å²) in [5.41, 5.74) is 0.985. The molecule has 1 aliphatic heterocycles. The number of nitrogens with zero attached hydrogens (tertiary/aromatic N) is 1. The highest BCUT2D eigenvalue weighted by molar-refractivity contribution is 6.31. The zero-order chi connectivity index (χ0) is 12.3. The van der Waals surface area contributed by atoms with E-state index in [1.807, 2.05) is 0 Å². The lowest BCUT2D eigenvalue weighted by atomic mass is 9.93. The fraction of sp³-hybridized carbons (Fsp3) is 0.538. The average molecular weight is 258 g/mol. The monoisotopic (exact) mass is 257 g/mol. The summed E-state index contributed by atoms with van der Waals surface area (Å²) in [5, 5.41) is 9.08. The predicted octanol–water partition coefficient (Wildman–Crippen LogP) is 3.08. The molecule has 0 unspecified atom stereocenters. The van der Waals surface area contributed by atoms with Crippen LogP contribution in [0, 0.1) is 11.7 Å². The Kier molecular flexibility index (Phi) is 4.24. The first-order chi connectivity index (χ1) is 8.20. The van der Waals surface area contributed by atoms with E-state index < -0.39 is 0 Å². The molecule has 4 heteroatoms. The summed E-state index contributed by atoms with van der Waals surface area (Å²) in [6, 6.07) is 4.87. The van der Waals surface area contributed by atoms with Crippen LogP contribution in [0.25, 0.3) is 0 Å². The van der Waals surface area contributed by atoms with E-state index in [9.17, 15) is 4.39 Å². The van der Waals surface area contributed by atoms with Crippen LogP contribution < -0.4 is 4.90 Å². The Labute approximate surface area is 106 Å². The van der Waals surface area contributed by atoms with Gasteiger partial charge in [0, 0.05) is 25.4 Å². The van der Waals surface area contributed by atoms with Crippen molar-refractivity contribution < 1.29 is 9.50 Å². The number of aliphatic hydroxyl groups is 1. The van der Waals surface area contributed by atoms with Crippen LogP contribution >= 0.6 is 11.6 Å². The maximum atomic E-state index is 13.1. The lowest BCUT2D eigenvalue weighted by Gasteiger charge is -2.33. The van der Waals surface area contributed by atoms with Crippen molar-refractivity contribution in [2.24, 2.45) is 5.92 Å². The summed E-state index contributed by atoms with van der Waals surface area (Å²) in [5.74, 6) is 0.248. The van der Waals surface area contributed by atoms with Crippen molar-refractivity contribution in [3.8, 4) is 0 Å². The summed E-state index contributed by atoms with van der Waals surface area (Å²) in [4.78, 5) is 2.22.